The highest BCUT2D eigenvalue weighted by Crippen LogP contribution is 2.41. The Labute approximate surface area is 110 Å². The number of nitrogens with one attached hydrogen (secondary N) is 1. The second-order valence-electron chi connectivity index (χ2n) is 6.55. The highest BCUT2D eigenvalue weighted by Gasteiger charge is 2.49. The fraction of sp³-hybridized carbons (Fsp3) is 0.625. The van der Waals surface area contributed by atoms with E-state index in [0.717, 1.165) is 18.4 Å². The summed E-state index contributed by atoms with van der Waals surface area (Å²) in [5, 5.41) is 3.55. The summed E-state index contributed by atoms with van der Waals surface area (Å²) in [6, 6.07) is 8.94. The molecule has 2 atom stereocenters. The first-order chi connectivity index (χ1) is 8.57. The van der Waals surface area contributed by atoms with Gasteiger partial charge >= 0.3 is 0 Å². The van der Waals surface area contributed by atoms with Crippen molar-refractivity contribution in [3.05, 3.63) is 35.4 Å². The Kier molecular flexibility index (Phi) is 2.95. The van der Waals surface area contributed by atoms with Crippen LogP contribution in [-0.4, -0.2) is 30.1 Å². The van der Waals surface area contributed by atoms with Crippen molar-refractivity contribution in [2.24, 2.45) is 11.8 Å². The topological polar surface area (TPSA) is 15.3 Å². The van der Waals surface area contributed by atoms with Crippen LogP contribution in [0.2, 0.25) is 0 Å². The van der Waals surface area contributed by atoms with Gasteiger partial charge in [0.2, 0.25) is 0 Å². The minimum atomic E-state index is 0.331. The molecule has 1 N–H and O–H groups in total. The largest absolute Gasteiger partial charge is 0.316 e. The Morgan fingerprint density at radius 2 is 2.17 bits per heavy atom. The van der Waals surface area contributed by atoms with Gasteiger partial charge in [0.1, 0.15) is 0 Å². The summed E-state index contributed by atoms with van der Waals surface area (Å²) in [5.74, 6) is 1.67. The maximum absolute atomic E-state index is 3.55. The minimum absolute atomic E-state index is 0.331. The summed E-state index contributed by atoms with van der Waals surface area (Å²) in [7, 11) is 0. The third-order valence-electron chi connectivity index (χ3n) is 4.97. The molecule has 0 amide bonds. The number of aryl methyl sites for hydroxylation is 1. The molecule has 18 heavy (non-hydrogen) atoms. The number of rotatable bonds is 2. The van der Waals surface area contributed by atoms with E-state index < -0.39 is 0 Å². The first-order valence-electron chi connectivity index (χ1n) is 7.08. The second kappa shape index (κ2) is 4.36. The molecule has 2 heteroatoms. The monoisotopic (exact) mass is 244 g/mol. The molecule has 3 rings (SSSR count). The number of likely N-dealkylation sites (tertiary alicyclic amines) is 1. The third kappa shape index (κ3) is 1.98. The quantitative estimate of drug-likeness (QED) is 0.859. The van der Waals surface area contributed by atoms with Crippen molar-refractivity contribution in [2.45, 2.75) is 32.9 Å². The molecule has 2 fully saturated rings. The van der Waals surface area contributed by atoms with Crippen LogP contribution < -0.4 is 5.32 Å². The van der Waals surface area contributed by atoms with Crippen molar-refractivity contribution in [1.29, 1.82) is 0 Å². The molecule has 0 saturated carbocycles. The zero-order valence-corrected chi connectivity index (χ0v) is 11.7. The molecule has 0 bridgehead atoms. The second-order valence-corrected chi connectivity index (χ2v) is 6.55. The van der Waals surface area contributed by atoms with Crippen molar-refractivity contribution in [3.63, 3.8) is 0 Å². The summed E-state index contributed by atoms with van der Waals surface area (Å²) in [5.41, 5.74) is 3.15. The Morgan fingerprint density at radius 3 is 2.89 bits per heavy atom. The van der Waals surface area contributed by atoms with Gasteiger partial charge in [0.15, 0.2) is 0 Å². The molecule has 0 spiro atoms. The molecule has 98 valence electrons. The zero-order chi connectivity index (χ0) is 12.8. The molecule has 2 heterocycles. The predicted molar refractivity (Wildman–Crippen MR) is 75.5 cm³/mol. The van der Waals surface area contributed by atoms with E-state index in [1.165, 1.54) is 30.8 Å². The van der Waals surface area contributed by atoms with Crippen molar-refractivity contribution in [3.8, 4) is 0 Å². The van der Waals surface area contributed by atoms with Gasteiger partial charge in [0.05, 0.1) is 0 Å². The lowest BCUT2D eigenvalue weighted by molar-refractivity contribution is 0.132. The minimum Gasteiger partial charge on any atom is -0.316 e. The van der Waals surface area contributed by atoms with E-state index in [1.54, 1.807) is 0 Å². The van der Waals surface area contributed by atoms with Crippen LogP contribution in [0.25, 0.3) is 0 Å². The Hall–Kier alpha value is -0.860. The van der Waals surface area contributed by atoms with Gasteiger partial charge in [0, 0.05) is 25.2 Å². The van der Waals surface area contributed by atoms with Crippen molar-refractivity contribution in [1.82, 2.24) is 10.2 Å². The molecule has 0 aromatic heterocycles. The molecule has 1 aromatic rings. The molecule has 2 saturated heterocycles. The molecule has 2 aliphatic rings. The summed E-state index contributed by atoms with van der Waals surface area (Å²) in [6.07, 6.45) is 0. The van der Waals surface area contributed by atoms with E-state index in [9.17, 15) is 0 Å². The Morgan fingerprint density at radius 1 is 1.33 bits per heavy atom. The SMILES string of the molecule is Cc1cccc(CN2CC3CNCC3C2(C)C)c1. The Bertz CT molecular complexity index is 438. The maximum atomic E-state index is 3.55. The van der Waals surface area contributed by atoms with Gasteiger partial charge in [-0.1, -0.05) is 29.8 Å². The third-order valence-corrected chi connectivity index (χ3v) is 4.97. The average Bonchev–Trinajstić information content (AvgIpc) is 2.84. The van der Waals surface area contributed by atoms with Gasteiger partial charge in [0.25, 0.3) is 0 Å². The summed E-state index contributed by atoms with van der Waals surface area (Å²) in [6.45, 7) is 11.8. The van der Waals surface area contributed by atoms with Gasteiger partial charge in [-0.2, -0.15) is 0 Å². The first kappa shape index (κ1) is 12.2. The van der Waals surface area contributed by atoms with E-state index in [2.05, 4.69) is 55.3 Å². The smallest absolute Gasteiger partial charge is 0.0239 e. The molecule has 2 unspecified atom stereocenters. The molecule has 0 aliphatic carbocycles. The van der Waals surface area contributed by atoms with Crippen molar-refractivity contribution < 1.29 is 0 Å². The zero-order valence-electron chi connectivity index (χ0n) is 11.7. The van der Waals surface area contributed by atoms with Gasteiger partial charge in [-0.3, -0.25) is 4.90 Å². The van der Waals surface area contributed by atoms with Crippen LogP contribution in [0.15, 0.2) is 24.3 Å². The van der Waals surface area contributed by atoms with E-state index in [-0.39, 0.29) is 0 Å². The number of hydrogen-bond donors (Lipinski definition) is 1. The molecule has 1 aromatic carbocycles. The van der Waals surface area contributed by atoms with Gasteiger partial charge in [-0.05, 0) is 44.7 Å². The summed E-state index contributed by atoms with van der Waals surface area (Å²) < 4.78 is 0. The molecule has 2 nitrogen and oxygen atoms in total. The van der Waals surface area contributed by atoms with E-state index in [1.807, 2.05) is 0 Å². The highest BCUT2D eigenvalue weighted by atomic mass is 15.2. The number of benzene rings is 1. The lowest BCUT2D eigenvalue weighted by Gasteiger charge is -2.35. The van der Waals surface area contributed by atoms with E-state index in [4.69, 9.17) is 0 Å². The summed E-state index contributed by atoms with van der Waals surface area (Å²) in [4.78, 5) is 2.68. The lowest BCUT2D eigenvalue weighted by Crippen LogP contribution is -2.43. The lowest BCUT2D eigenvalue weighted by atomic mass is 9.85. The standard InChI is InChI=1S/C16H24N2/c1-12-5-4-6-13(7-12)10-18-11-14-8-17-9-15(14)16(18,2)3/h4-7,14-15,17H,8-11H2,1-3H3. The van der Waals surface area contributed by atoms with Crippen molar-refractivity contribution >= 4 is 0 Å². The Balaban J connectivity index is 1.77. The number of hydrogen-bond acceptors (Lipinski definition) is 2. The number of fused-ring (bicyclic) bond motifs is 1. The fourth-order valence-corrected chi connectivity index (χ4v) is 3.80. The molecular formula is C16H24N2. The molecule has 2 aliphatic heterocycles. The van der Waals surface area contributed by atoms with E-state index in [0.29, 0.717) is 5.54 Å². The van der Waals surface area contributed by atoms with E-state index >= 15 is 0 Å². The maximum Gasteiger partial charge on any atom is 0.0239 e. The van der Waals surface area contributed by atoms with Gasteiger partial charge in [-0.25, -0.2) is 0 Å². The van der Waals surface area contributed by atoms with Crippen LogP contribution >= 0.6 is 0 Å². The van der Waals surface area contributed by atoms with Crippen LogP contribution in [0.5, 0.6) is 0 Å². The van der Waals surface area contributed by atoms with Crippen LogP contribution in [-0.2, 0) is 6.54 Å². The van der Waals surface area contributed by atoms with Crippen LogP contribution in [0.1, 0.15) is 25.0 Å². The molecule has 0 radical (unpaired) electrons. The predicted octanol–water partition coefficient (Wildman–Crippen LogP) is 2.42. The molecular weight excluding hydrogens is 220 g/mol. The average molecular weight is 244 g/mol. The number of nitrogens with zero attached hydrogens (tertiary/aromatic N) is 1. The van der Waals surface area contributed by atoms with Crippen molar-refractivity contribution in [2.75, 3.05) is 19.6 Å². The van der Waals surface area contributed by atoms with Gasteiger partial charge < -0.3 is 5.32 Å². The van der Waals surface area contributed by atoms with Gasteiger partial charge in [-0.15, -0.1) is 0 Å². The van der Waals surface area contributed by atoms with Crippen LogP contribution in [0, 0.1) is 18.8 Å². The fourth-order valence-electron chi connectivity index (χ4n) is 3.80. The van der Waals surface area contributed by atoms with Crippen LogP contribution in [0.4, 0.5) is 0 Å². The normalized spacial score (nSPS) is 30.6. The first-order valence-corrected chi connectivity index (χ1v) is 7.08. The highest BCUT2D eigenvalue weighted by molar-refractivity contribution is 5.23. The summed E-state index contributed by atoms with van der Waals surface area (Å²) >= 11 is 0. The van der Waals surface area contributed by atoms with Crippen LogP contribution in [0.3, 0.4) is 0 Å².